The van der Waals surface area contributed by atoms with Crippen LogP contribution in [0.1, 0.15) is 48.9 Å². The van der Waals surface area contributed by atoms with Crippen LogP contribution in [0.15, 0.2) is 48.5 Å². The summed E-state index contributed by atoms with van der Waals surface area (Å²) >= 11 is 0. The van der Waals surface area contributed by atoms with Crippen LogP contribution in [0.3, 0.4) is 0 Å². The van der Waals surface area contributed by atoms with Gasteiger partial charge in [-0.3, -0.25) is 14.4 Å². The van der Waals surface area contributed by atoms with Gasteiger partial charge in [-0.15, -0.1) is 0 Å². The summed E-state index contributed by atoms with van der Waals surface area (Å²) in [6, 6.07) is 12.6. The summed E-state index contributed by atoms with van der Waals surface area (Å²) in [6.07, 6.45) is 0.416. The second kappa shape index (κ2) is 10.2. The fourth-order valence-corrected chi connectivity index (χ4v) is 5.28. The fraction of sp³-hybridized carbons (Fsp3) is 0.464. The molecule has 0 spiro atoms. The SMILES string of the molecule is CC1(c2ccc([C@@H](NC(=O)[C@@H]3C[C@@H](F)CN3C(=O)CN3CCNCC3=O)c3ccccc3)cc2F)CC1. The van der Waals surface area contributed by atoms with Crippen molar-refractivity contribution >= 4 is 17.7 Å². The molecule has 2 aromatic carbocycles. The number of likely N-dealkylation sites (tertiary alicyclic amines) is 1. The van der Waals surface area contributed by atoms with Crippen molar-refractivity contribution in [3.63, 3.8) is 0 Å². The van der Waals surface area contributed by atoms with E-state index in [1.54, 1.807) is 6.07 Å². The molecule has 0 aromatic heterocycles. The second-order valence-corrected chi connectivity index (χ2v) is 10.5. The van der Waals surface area contributed by atoms with E-state index in [0.717, 1.165) is 18.4 Å². The molecule has 1 saturated carbocycles. The highest BCUT2D eigenvalue weighted by molar-refractivity contribution is 5.91. The van der Waals surface area contributed by atoms with Gasteiger partial charge in [0.25, 0.3) is 0 Å². The zero-order valence-electron chi connectivity index (χ0n) is 20.9. The number of hydrogen-bond donors (Lipinski definition) is 2. The van der Waals surface area contributed by atoms with Crippen LogP contribution in [-0.4, -0.2) is 72.5 Å². The number of halogens is 2. The molecule has 7 nitrogen and oxygen atoms in total. The number of amides is 3. The lowest BCUT2D eigenvalue weighted by molar-refractivity contribution is -0.144. The van der Waals surface area contributed by atoms with Gasteiger partial charge in [0.2, 0.25) is 17.7 Å². The largest absolute Gasteiger partial charge is 0.343 e. The molecule has 2 aromatic rings. The lowest BCUT2D eigenvalue weighted by Crippen LogP contribution is -2.54. The van der Waals surface area contributed by atoms with E-state index in [2.05, 4.69) is 10.6 Å². The maximum Gasteiger partial charge on any atom is 0.243 e. The van der Waals surface area contributed by atoms with E-state index in [1.807, 2.05) is 43.3 Å². The number of nitrogens with zero attached hydrogens (tertiary/aromatic N) is 2. The Balaban J connectivity index is 1.36. The molecular weight excluding hydrogens is 478 g/mol. The number of hydrogen-bond acceptors (Lipinski definition) is 4. The summed E-state index contributed by atoms with van der Waals surface area (Å²) in [5, 5.41) is 5.90. The summed E-state index contributed by atoms with van der Waals surface area (Å²) < 4.78 is 29.6. The molecule has 0 radical (unpaired) electrons. The van der Waals surface area contributed by atoms with Crippen LogP contribution >= 0.6 is 0 Å². The van der Waals surface area contributed by atoms with Crippen molar-refractivity contribution in [1.82, 2.24) is 20.4 Å². The van der Waals surface area contributed by atoms with Gasteiger partial charge in [-0.2, -0.15) is 0 Å². The van der Waals surface area contributed by atoms with Crippen molar-refractivity contribution in [2.24, 2.45) is 0 Å². The van der Waals surface area contributed by atoms with Crippen LogP contribution in [0.2, 0.25) is 0 Å². The predicted molar refractivity (Wildman–Crippen MR) is 134 cm³/mol. The van der Waals surface area contributed by atoms with Gasteiger partial charge in [0.15, 0.2) is 0 Å². The third-order valence-electron chi connectivity index (χ3n) is 7.78. The van der Waals surface area contributed by atoms with Crippen LogP contribution in [0.25, 0.3) is 0 Å². The van der Waals surface area contributed by atoms with Crippen molar-refractivity contribution in [1.29, 1.82) is 0 Å². The smallest absolute Gasteiger partial charge is 0.243 e. The maximum absolute atomic E-state index is 15.1. The van der Waals surface area contributed by atoms with Gasteiger partial charge in [-0.05, 0) is 41.0 Å². The molecule has 2 aliphatic heterocycles. The predicted octanol–water partition coefficient (Wildman–Crippen LogP) is 2.45. The Morgan fingerprint density at radius 3 is 2.59 bits per heavy atom. The van der Waals surface area contributed by atoms with Crippen molar-refractivity contribution in [2.75, 3.05) is 32.7 Å². The van der Waals surface area contributed by atoms with Crippen LogP contribution in [-0.2, 0) is 19.8 Å². The molecule has 9 heteroatoms. The number of carbonyl (C=O) groups is 3. The molecule has 3 amide bonds. The lowest BCUT2D eigenvalue weighted by atomic mass is 9.92. The minimum atomic E-state index is -1.34. The highest BCUT2D eigenvalue weighted by atomic mass is 19.1. The van der Waals surface area contributed by atoms with E-state index >= 15 is 4.39 Å². The number of benzene rings is 2. The quantitative estimate of drug-likeness (QED) is 0.600. The molecule has 37 heavy (non-hydrogen) atoms. The number of carbonyl (C=O) groups excluding carboxylic acids is 3. The van der Waals surface area contributed by atoms with Gasteiger partial charge in [-0.25, -0.2) is 8.78 Å². The minimum Gasteiger partial charge on any atom is -0.343 e. The Bertz CT molecular complexity index is 1190. The zero-order valence-corrected chi connectivity index (χ0v) is 20.9. The van der Waals surface area contributed by atoms with E-state index in [4.69, 9.17) is 0 Å². The summed E-state index contributed by atoms with van der Waals surface area (Å²) in [6.45, 7) is 2.75. The number of nitrogens with one attached hydrogen (secondary N) is 2. The molecule has 1 aliphatic carbocycles. The molecule has 2 N–H and O–H groups in total. The zero-order chi connectivity index (χ0) is 26.2. The first kappa shape index (κ1) is 25.3. The first-order chi connectivity index (χ1) is 17.7. The first-order valence-corrected chi connectivity index (χ1v) is 12.8. The molecule has 196 valence electrons. The van der Waals surface area contributed by atoms with Crippen molar-refractivity contribution in [3.8, 4) is 0 Å². The number of piperazine rings is 1. The molecule has 3 aliphatic rings. The fourth-order valence-electron chi connectivity index (χ4n) is 5.28. The summed E-state index contributed by atoms with van der Waals surface area (Å²) in [5.74, 6) is -1.48. The Kier molecular flexibility index (Phi) is 6.98. The Morgan fingerprint density at radius 1 is 1.16 bits per heavy atom. The van der Waals surface area contributed by atoms with E-state index in [-0.39, 0.29) is 43.2 Å². The van der Waals surface area contributed by atoms with E-state index in [9.17, 15) is 18.8 Å². The standard InChI is InChI=1S/C28H32F2N4O3/c1-28(9-10-28)21-8-7-19(13-22(21)30)26(18-5-3-2-4-6-18)32-27(37)23-14-20(29)16-34(23)25(36)17-33-12-11-31-15-24(33)35/h2-8,13,20,23,26,31H,9-12,14-17H2,1H3,(H,32,37)/t20-,23+,26+/m1/s1. The molecule has 2 heterocycles. The van der Waals surface area contributed by atoms with Crippen LogP contribution in [0, 0.1) is 5.82 Å². The van der Waals surface area contributed by atoms with Crippen molar-refractivity contribution < 1.29 is 23.2 Å². The maximum atomic E-state index is 15.1. The lowest BCUT2D eigenvalue weighted by Gasteiger charge is -2.31. The summed E-state index contributed by atoms with van der Waals surface area (Å²) in [5.41, 5.74) is 1.86. The average molecular weight is 511 g/mol. The van der Waals surface area contributed by atoms with Gasteiger partial charge in [-0.1, -0.05) is 49.4 Å². The van der Waals surface area contributed by atoms with E-state index < -0.39 is 30.1 Å². The molecule has 3 fully saturated rings. The molecule has 0 bridgehead atoms. The van der Waals surface area contributed by atoms with Crippen molar-refractivity contribution in [2.45, 2.75) is 49.9 Å². The van der Waals surface area contributed by atoms with Gasteiger partial charge < -0.3 is 20.4 Å². The summed E-state index contributed by atoms with van der Waals surface area (Å²) in [7, 11) is 0. The van der Waals surface area contributed by atoms with Crippen LogP contribution < -0.4 is 10.6 Å². The Morgan fingerprint density at radius 2 is 1.92 bits per heavy atom. The monoisotopic (exact) mass is 510 g/mol. The van der Waals surface area contributed by atoms with E-state index in [1.165, 1.54) is 15.9 Å². The van der Waals surface area contributed by atoms with Gasteiger partial charge in [0.1, 0.15) is 18.0 Å². The number of rotatable bonds is 7. The van der Waals surface area contributed by atoms with Gasteiger partial charge in [0.05, 0.1) is 25.7 Å². The van der Waals surface area contributed by atoms with E-state index in [0.29, 0.717) is 24.2 Å². The normalized spacial score (nSPS) is 23.6. The third kappa shape index (κ3) is 5.37. The first-order valence-electron chi connectivity index (χ1n) is 12.8. The molecule has 3 atom stereocenters. The Labute approximate surface area is 215 Å². The Hall–Kier alpha value is -3.33. The topological polar surface area (TPSA) is 81.8 Å². The highest BCUT2D eigenvalue weighted by Gasteiger charge is 2.42. The molecular formula is C28H32F2N4O3. The second-order valence-electron chi connectivity index (χ2n) is 10.5. The third-order valence-corrected chi connectivity index (χ3v) is 7.78. The van der Waals surface area contributed by atoms with Crippen LogP contribution in [0.4, 0.5) is 8.78 Å². The average Bonchev–Trinajstić information content (AvgIpc) is 3.51. The molecule has 5 rings (SSSR count). The highest BCUT2D eigenvalue weighted by Crippen LogP contribution is 2.48. The summed E-state index contributed by atoms with van der Waals surface area (Å²) in [4.78, 5) is 41.3. The minimum absolute atomic E-state index is 0.125. The molecule has 0 unspecified atom stereocenters. The molecule has 2 saturated heterocycles. The van der Waals surface area contributed by atoms with Gasteiger partial charge in [0, 0.05) is 19.5 Å². The van der Waals surface area contributed by atoms with Gasteiger partial charge >= 0.3 is 0 Å². The van der Waals surface area contributed by atoms with Crippen molar-refractivity contribution in [3.05, 3.63) is 71.0 Å². The number of alkyl halides is 1. The van der Waals surface area contributed by atoms with Crippen LogP contribution in [0.5, 0.6) is 0 Å².